The van der Waals surface area contributed by atoms with Crippen molar-refractivity contribution >= 4 is 5.91 Å². The van der Waals surface area contributed by atoms with E-state index >= 15 is 0 Å². The molecule has 0 spiro atoms. The molecule has 0 aliphatic rings. The van der Waals surface area contributed by atoms with Crippen LogP contribution in [0.25, 0.3) is 0 Å². The highest BCUT2D eigenvalue weighted by Crippen LogP contribution is 2.12. The van der Waals surface area contributed by atoms with Gasteiger partial charge in [-0.3, -0.25) is 4.79 Å². The van der Waals surface area contributed by atoms with Gasteiger partial charge in [-0.25, -0.2) is 0 Å². The van der Waals surface area contributed by atoms with Gasteiger partial charge in [-0.1, -0.05) is 12.1 Å². The number of nitrogens with one attached hydrogen (secondary N) is 1. The lowest BCUT2D eigenvalue weighted by Gasteiger charge is -2.07. The molecule has 0 unspecified atom stereocenters. The molecule has 0 saturated carbocycles. The van der Waals surface area contributed by atoms with E-state index in [0.717, 1.165) is 38.0 Å². The molecule has 0 atom stereocenters. The number of aryl methyl sites for hydroxylation is 1. The van der Waals surface area contributed by atoms with Gasteiger partial charge in [0.05, 0.1) is 6.61 Å². The molecule has 0 bridgehead atoms. The standard InChI is InChI=1S/C16H26N2O2/c1-14-7-6-8-15(13-14)20-12-5-2-9-16(19)18-11-4-3-10-17/h6-8,13H,2-5,9-12,17H2,1H3,(H,18,19). The van der Waals surface area contributed by atoms with E-state index in [2.05, 4.69) is 5.32 Å². The zero-order chi connectivity index (χ0) is 14.6. The van der Waals surface area contributed by atoms with E-state index in [1.807, 2.05) is 31.2 Å². The van der Waals surface area contributed by atoms with Crippen molar-refractivity contribution in [1.29, 1.82) is 0 Å². The van der Waals surface area contributed by atoms with Gasteiger partial charge in [-0.15, -0.1) is 0 Å². The van der Waals surface area contributed by atoms with E-state index in [9.17, 15) is 4.79 Å². The summed E-state index contributed by atoms with van der Waals surface area (Å²) < 4.78 is 5.64. The molecule has 0 fully saturated rings. The van der Waals surface area contributed by atoms with E-state index in [1.54, 1.807) is 0 Å². The molecule has 0 radical (unpaired) electrons. The highest BCUT2D eigenvalue weighted by molar-refractivity contribution is 5.75. The first kappa shape index (κ1) is 16.5. The van der Waals surface area contributed by atoms with Crippen LogP contribution >= 0.6 is 0 Å². The minimum atomic E-state index is 0.123. The molecule has 0 heterocycles. The Morgan fingerprint density at radius 3 is 2.85 bits per heavy atom. The van der Waals surface area contributed by atoms with Crippen LogP contribution in [0.5, 0.6) is 5.75 Å². The molecular weight excluding hydrogens is 252 g/mol. The second-order valence-corrected chi connectivity index (χ2v) is 4.97. The monoisotopic (exact) mass is 278 g/mol. The third kappa shape index (κ3) is 7.79. The first-order valence-corrected chi connectivity index (χ1v) is 7.38. The number of ether oxygens (including phenoxy) is 1. The Kier molecular flexibility index (Phi) is 8.47. The second-order valence-electron chi connectivity index (χ2n) is 4.97. The van der Waals surface area contributed by atoms with E-state index in [4.69, 9.17) is 10.5 Å². The SMILES string of the molecule is Cc1cccc(OCCCCC(=O)NCCCCN)c1. The Labute approximate surface area is 121 Å². The summed E-state index contributed by atoms with van der Waals surface area (Å²) >= 11 is 0. The zero-order valence-corrected chi connectivity index (χ0v) is 12.4. The summed E-state index contributed by atoms with van der Waals surface area (Å²) in [6.07, 6.45) is 4.24. The first-order chi connectivity index (χ1) is 9.72. The molecule has 0 aliphatic heterocycles. The van der Waals surface area contributed by atoms with Gasteiger partial charge in [-0.2, -0.15) is 0 Å². The molecule has 20 heavy (non-hydrogen) atoms. The molecule has 0 aliphatic carbocycles. The van der Waals surface area contributed by atoms with E-state index in [-0.39, 0.29) is 5.91 Å². The van der Waals surface area contributed by atoms with E-state index < -0.39 is 0 Å². The normalized spacial score (nSPS) is 10.3. The van der Waals surface area contributed by atoms with Crippen molar-refractivity contribution in [2.45, 2.75) is 39.0 Å². The number of hydrogen-bond donors (Lipinski definition) is 2. The van der Waals surface area contributed by atoms with Gasteiger partial charge >= 0.3 is 0 Å². The van der Waals surface area contributed by atoms with Crippen molar-refractivity contribution in [2.75, 3.05) is 19.7 Å². The number of carbonyl (C=O) groups excluding carboxylic acids is 1. The fourth-order valence-corrected chi connectivity index (χ4v) is 1.87. The molecule has 1 amide bonds. The Bertz CT molecular complexity index is 394. The third-order valence-electron chi connectivity index (χ3n) is 3.01. The summed E-state index contributed by atoms with van der Waals surface area (Å²) in [7, 11) is 0. The zero-order valence-electron chi connectivity index (χ0n) is 12.4. The van der Waals surface area contributed by atoms with Crippen molar-refractivity contribution in [2.24, 2.45) is 5.73 Å². The Balaban J connectivity index is 2.00. The number of rotatable bonds is 10. The fraction of sp³-hybridized carbons (Fsp3) is 0.562. The van der Waals surface area contributed by atoms with Crippen LogP contribution in [-0.2, 0) is 4.79 Å². The number of unbranched alkanes of at least 4 members (excludes halogenated alkanes) is 2. The lowest BCUT2D eigenvalue weighted by Crippen LogP contribution is -2.24. The lowest BCUT2D eigenvalue weighted by atomic mass is 10.2. The summed E-state index contributed by atoms with van der Waals surface area (Å²) in [6, 6.07) is 8.00. The molecule has 1 aromatic rings. The van der Waals surface area contributed by atoms with Gasteiger partial charge in [-0.05, 0) is 56.8 Å². The highest BCUT2D eigenvalue weighted by atomic mass is 16.5. The molecule has 1 rings (SSSR count). The van der Waals surface area contributed by atoms with Crippen molar-refractivity contribution in [3.05, 3.63) is 29.8 Å². The van der Waals surface area contributed by atoms with Gasteiger partial charge in [0.2, 0.25) is 5.91 Å². The summed E-state index contributed by atoms with van der Waals surface area (Å²) in [5.74, 6) is 1.02. The van der Waals surface area contributed by atoms with Crippen LogP contribution in [0.2, 0.25) is 0 Å². The Morgan fingerprint density at radius 2 is 2.10 bits per heavy atom. The van der Waals surface area contributed by atoms with Crippen LogP contribution in [0, 0.1) is 6.92 Å². The maximum absolute atomic E-state index is 11.5. The van der Waals surface area contributed by atoms with Crippen LogP contribution in [0.4, 0.5) is 0 Å². The minimum Gasteiger partial charge on any atom is -0.494 e. The van der Waals surface area contributed by atoms with E-state index in [1.165, 1.54) is 5.56 Å². The van der Waals surface area contributed by atoms with Gasteiger partial charge in [0.15, 0.2) is 0 Å². The average Bonchev–Trinajstić information content (AvgIpc) is 2.43. The number of amides is 1. The van der Waals surface area contributed by atoms with Crippen molar-refractivity contribution in [1.82, 2.24) is 5.32 Å². The number of hydrogen-bond acceptors (Lipinski definition) is 3. The lowest BCUT2D eigenvalue weighted by molar-refractivity contribution is -0.121. The van der Waals surface area contributed by atoms with Crippen LogP contribution in [0.3, 0.4) is 0 Å². The molecule has 1 aromatic carbocycles. The van der Waals surface area contributed by atoms with Crippen molar-refractivity contribution < 1.29 is 9.53 Å². The smallest absolute Gasteiger partial charge is 0.219 e. The number of nitrogens with two attached hydrogens (primary N) is 1. The maximum Gasteiger partial charge on any atom is 0.219 e. The van der Waals surface area contributed by atoms with Crippen LogP contribution in [0.15, 0.2) is 24.3 Å². The Morgan fingerprint density at radius 1 is 1.25 bits per heavy atom. The fourth-order valence-electron chi connectivity index (χ4n) is 1.87. The minimum absolute atomic E-state index is 0.123. The van der Waals surface area contributed by atoms with E-state index in [0.29, 0.717) is 19.6 Å². The molecule has 112 valence electrons. The topological polar surface area (TPSA) is 64.3 Å². The van der Waals surface area contributed by atoms with Gasteiger partial charge in [0, 0.05) is 13.0 Å². The summed E-state index contributed by atoms with van der Waals surface area (Å²) in [5, 5.41) is 2.90. The summed E-state index contributed by atoms with van der Waals surface area (Å²) in [5.41, 5.74) is 6.58. The van der Waals surface area contributed by atoms with Gasteiger partial charge < -0.3 is 15.8 Å². The largest absolute Gasteiger partial charge is 0.494 e. The second kappa shape index (κ2) is 10.3. The van der Waals surface area contributed by atoms with Crippen LogP contribution in [0.1, 0.15) is 37.7 Å². The maximum atomic E-state index is 11.5. The highest BCUT2D eigenvalue weighted by Gasteiger charge is 2.00. The number of carbonyl (C=O) groups is 1. The molecule has 4 nitrogen and oxygen atoms in total. The average molecular weight is 278 g/mol. The molecular formula is C16H26N2O2. The van der Waals surface area contributed by atoms with Crippen molar-refractivity contribution in [3.8, 4) is 5.75 Å². The predicted octanol–water partition coefficient (Wildman–Crippen LogP) is 2.40. The Hall–Kier alpha value is -1.55. The predicted molar refractivity (Wildman–Crippen MR) is 81.8 cm³/mol. The molecule has 0 aromatic heterocycles. The first-order valence-electron chi connectivity index (χ1n) is 7.38. The third-order valence-corrected chi connectivity index (χ3v) is 3.01. The molecule has 0 saturated heterocycles. The van der Waals surface area contributed by atoms with Crippen molar-refractivity contribution in [3.63, 3.8) is 0 Å². The summed E-state index contributed by atoms with van der Waals surface area (Å²) in [6.45, 7) is 4.12. The quantitative estimate of drug-likeness (QED) is 0.646. The van der Waals surface area contributed by atoms with Crippen LogP contribution < -0.4 is 15.8 Å². The summed E-state index contributed by atoms with van der Waals surface area (Å²) in [4.78, 5) is 11.5. The molecule has 3 N–H and O–H groups in total. The number of benzene rings is 1. The van der Waals surface area contributed by atoms with Gasteiger partial charge in [0.25, 0.3) is 0 Å². The van der Waals surface area contributed by atoms with Crippen LogP contribution in [-0.4, -0.2) is 25.6 Å². The molecule has 4 heteroatoms. The van der Waals surface area contributed by atoms with Gasteiger partial charge in [0.1, 0.15) is 5.75 Å².